The molecule has 1 aromatic carbocycles. The molecule has 0 aromatic heterocycles. The minimum absolute atomic E-state index is 0.167. The first-order chi connectivity index (χ1) is 11.0. The summed E-state index contributed by atoms with van der Waals surface area (Å²) in [6, 6.07) is 6.44. The van der Waals surface area contributed by atoms with E-state index in [9.17, 15) is 9.59 Å². The molecule has 124 valence electrons. The molecule has 0 aliphatic carbocycles. The molecule has 1 rings (SSSR count). The maximum absolute atomic E-state index is 11.7. The highest BCUT2D eigenvalue weighted by Crippen LogP contribution is 2.07. The minimum atomic E-state index is -0.459. The molecule has 6 heteroatoms. The first-order valence-corrected chi connectivity index (χ1v) is 7.45. The van der Waals surface area contributed by atoms with Crippen LogP contribution in [0.25, 0.3) is 0 Å². The van der Waals surface area contributed by atoms with E-state index in [0.717, 1.165) is 0 Å². The third-order valence-electron chi connectivity index (χ3n) is 2.96. The summed E-state index contributed by atoms with van der Waals surface area (Å²) in [5, 5.41) is 7.44. The van der Waals surface area contributed by atoms with Crippen molar-refractivity contribution in [2.75, 3.05) is 18.9 Å². The Bertz CT molecular complexity index is 564. The van der Waals surface area contributed by atoms with E-state index in [1.165, 1.54) is 6.08 Å². The van der Waals surface area contributed by atoms with Gasteiger partial charge in [-0.25, -0.2) is 9.59 Å². The lowest BCUT2D eigenvalue weighted by Gasteiger charge is -2.05. The van der Waals surface area contributed by atoms with Crippen LogP contribution in [0.5, 0.6) is 0 Å². The second-order valence-corrected chi connectivity index (χ2v) is 4.84. The number of carbonyl (C=O) groups is 2. The molecule has 0 spiro atoms. The van der Waals surface area contributed by atoms with Crippen LogP contribution in [0, 0.1) is 5.41 Å². The smallest absolute Gasteiger partial charge is 0.338 e. The molecule has 0 unspecified atom stereocenters. The molecule has 0 atom stereocenters. The van der Waals surface area contributed by atoms with Crippen LogP contribution in [0.2, 0.25) is 0 Å². The molecule has 0 saturated carbocycles. The first kappa shape index (κ1) is 18.4. The third-order valence-corrected chi connectivity index (χ3v) is 2.96. The van der Waals surface area contributed by atoms with Gasteiger partial charge in [-0.1, -0.05) is 13.0 Å². The van der Waals surface area contributed by atoms with Crippen LogP contribution in [0.3, 0.4) is 0 Å². The number of hydrogen-bond donors (Lipinski definition) is 2. The van der Waals surface area contributed by atoms with Gasteiger partial charge in [0.2, 0.25) is 0 Å². The molecule has 0 aliphatic rings. The number of anilines is 1. The Morgan fingerprint density at radius 3 is 2.48 bits per heavy atom. The molecule has 0 aliphatic heterocycles. The van der Waals surface area contributed by atoms with Crippen LogP contribution in [0.15, 0.2) is 36.4 Å². The number of nitrogen functional groups attached to an aromatic ring is 1. The predicted molar refractivity (Wildman–Crippen MR) is 88.5 cm³/mol. The van der Waals surface area contributed by atoms with Crippen LogP contribution in [0.4, 0.5) is 5.69 Å². The van der Waals surface area contributed by atoms with Gasteiger partial charge in [-0.3, -0.25) is 0 Å². The number of allylic oxidation sites excluding steroid dienone is 1. The van der Waals surface area contributed by atoms with E-state index in [1.807, 2.05) is 6.92 Å². The van der Waals surface area contributed by atoms with E-state index in [0.29, 0.717) is 36.2 Å². The Hall–Kier alpha value is -2.63. The standard InChI is InChI=1S/C17H22N2O4/c1-2-14(18)5-3-6-16(20)22-11-4-12-23-17(21)13-7-9-15(19)10-8-13/h3,6-10,18H,2,4-5,11-12,19H2,1H3. The normalized spacial score (nSPS) is 10.5. The number of nitrogens with one attached hydrogen (secondary N) is 1. The van der Waals surface area contributed by atoms with Gasteiger partial charge in [0.25, 0.3) is 0 Å². The number of carbonyl (C=O) groups excluding carboxylic acids is 2. The van der Waals surface area contributed by atoms with Gasteiger partial charge in [0, 0.05) is 30.3 Å². The largest absolute Gasteiger partial charge is 0.462 e. The fourth-order valence-corrected chi connectivity index (χ4v) is 1.59. The van der Waals surface area contributed by atoms with Gasteiger partial charge in [-0.15, -0.1) is 0 Å². The Kier molecular flexibility index (Phi) is 8.13. The van der Waals surface area contributed by atoms with Crippen LogP contribution < -0.4 is 5.73 Å². The first-order valence-electron chi connectivity index (χ1n) is 7.45. The third kappa shape index (κ3) is 7.80. The van der Waals surface area contributed by atoms with Crippen LogP contribution in [-0.4, -0.2) is 30.9 Å². The SMILES string of the molecule is CCC(=N)CC=CC(=O)OCCCOC(=O)c1ccc(N)cc1. The fraction of sp³-hybridized carbons (Fsp3) is 0.353. The van der Waals surface area contributed by atoms with Crippen molar-refractivity contribution >= 4 is 23.3 Å². The van der Waals surface area contributed by atoms with Crippen LogP contribution in [0.1, 0.15) is 36.5 Å². The van der Waals surface area contributed by atoms with Gasteiger partial charge in [0.1, 0.15) is 0 Å². The molecule has 3 N–H and O–H groups in total. The van der Waals surface area contributed by atoms with Crippen molar-refractivity contribution < 1.29 is 19.1 Å². The molecule has 0 heterocycles. The molecular formula is C17H22N2O4. The summed E-state index contributed by atoms with van der Waals surface area (Å²) in [6.45, 7) is 2.23. The monoisotopic (exact) mass is 318 g/mol. The highest BCUT2D eigenvalue weighted by atomic mass is 16.5. The van der Waals surface area contributed by atoms with E-state index in [-0.39, 0.29) is 13.2 Å². The number of esters is 2. The summed E-state index contributed by atoms with van der Waals surface area (Å²) in [7, 11) is 0. The molecule has 0 bridgehead atoms. The lowest BCUT2D eigenvalue weighted by molar-refractivity contribution is -0.138. The van der Waals surface area contributed by atoms with Gasteiger partial charge in [-0.2, -0.15) is 0 Å². The predicted octanol–water partition coefficient (Wildman–Crippen LogP) is 2.73. The highest BCUT2D eigenvalue weighted by Gasteiger charge is 2.06. The fourth-order valence-electron chi connectivity index (χ4n) is 1.59. The summed E-state index contributed by atoms with van der Waals surface area (Å²) in [6.07, 6.45) is 4.45. The van der Waals surface area contributed by atoms with Gasteiger partial charge < -0.3 is 20.6 Å². The van der Waals surface area contributed by atoms with Gasteiger partial charge in [0.05, 0.1) is 18.8 Å². The average Bonchev–Trinajstić information content (AvgIpc) is 2.54. The number of nitrogens with two attached hydrogens (primary N) is 1. The molecule has 0 saturated heterocycles. The van der Waals surface area contributed by atoms with Crippen molar-refractivity contribution in [2.45, 2.75) is 26.2 Å². The summed E-state index contributed by atoms with van der Waals surface area (Å²) in [5.41, 5.74) is 7.10. The number of hydrogen-bond acceptors (Lipinski definition) is 6. The molecule has 0 radical (unpaired) electrons. The van der Waals surface area contributed by atoms with E-state index >= 15 is 0 Å². The zero-order valence-electron chi connectivity index (χ0n) is 13.2. The van der Waals surface area contributed by atoms with Gasteiger partial charge in [-0.05, 0) is 30.7 Å². The Labute approximate surface area is 135 Å². The van der Waals surface area contributed by atoms with Gasteiger partial charge in [0.15, 0.2) is 0 Å². The van der Waals surface area contributed by atoms with Crippen LogP contribution >= 0.6 is 0 Å². The summed E-state index contributed by atoms with van der Waals surface area (Å²) in [4.78, 5) is 23.0. The Morgan fingerprint density at radius 2 is 1.83 bits per heavy atom. The van der Waals surface area contributed by atoms with Crippen molar-refractivity contribution in [3.63, 3.8) is 0 Å². The molecule has 0 fully saturated rings. The zero-order valence-corrected chi connectivity index (χ0v) is 13.2. The second-order valence-electron chi connectivity index (χ2n) is 4.84. The van der Waals surface area contributed by atoms with Crippen molar-refractivity contribution in [3.05, 3.63) is 42.0 Å². The number of rotatable bonds is 9. The van der Waals surface area contributed by atoms with Gasteiger partial charge >= 0.3 is 11.9 Å². The lowest BCUT2D eigenvalue weighted by Crippen LogP contribution is -2.10. The molecule has 23 heavy (non-hydrogen) atoms. The topological polar surface area (TPSA) is 102 Å². The number of ether oxygens (including phenoxy) is 2. The summed E-state index contributed by atoms with van der Waals surface area (Å²) < 4.78 is 10.0. The Morgan fingerprint density at radius 1 is 1.17 bits per heavy atom. The second kappa shape index (κ2) is 10.2. The van der Waals surface area contributed by atoms with E-state index in [4.69, 9.17) is 20.6 Å². The van der Waals surface area contributed by atoms with Crippen molar-refractivity contribution in [1.82, 2.24) is 0 Å². The Balaban J connectivity index is 2.15. The molecule has 0 amide bonds. The highest BCUT2D eigenvalue weighted by molar-refractivity contribution is 5.89. The van der Waals surface area contributed by atoms with Crippen molar-refractivity contribution in [1.29, 1.82) is 5.41 Å². The van der Waals surface area contributed by atoms with Crippen molar-refractivity contribution in [3.8, 4) is 0 Å². The maximum atomic E-state index is 11.7. The van der Waals surface area contributed by atoms with E-state index in [2.05, 4.69) is 0 Å². The average molecular weight is 318 g/mol. The summed E-state index contributed by atoms with van der Waals surface area (Å²) in [5.74, 6) is -0.895. The molecule has 1 aromatic rings. The summed E-state index contributed by atoms with van der Waals surface area (Å²) >= 11 is 0. The zero-order chi connectivity index (χ0) is 17.1. The van der Waals surface area contributed by atoms with Crippen molar-refractivity contribution in [2.24, 2.45) is 0 Å². The van der Waals surface area contributed by atoms with E-state index < -0.39 is 11.9 Å². The lowest BCUT2D eigenvalue weighted by atomic mass is 10.2. The quantitative estimate of drug-likeness (QED) is 0.240. The molecular weight excluding hydrogens is 296 g/mol. The van der Waals surface area contributed by atoms with E-state index in [1.54, 1.807) is 30.3 Å². The minimum Gasteiger partial charge on any atom is -0.462 e. The van der Waals surface area contributed by atoms with Crippen LogP contribution in [-0.2, 0) is 14.3 Å². The molecule has 6 nitrogen and oxygen atoms in total. The maximum Gasteiger partial charge on any atom is 0.338 e. The number of benzene rings is 1.